The van der Waals surface area contributed by atoms with Gasteiger partial charge in [-0.25, -0.2) is 9.78 Å². The number of hydrogen-bond donors (Lipinski definition) is 1. The van der Waals surface area contributed by atoms with Crippen LogP contribution in [0, 0.1) is 12.8 Å². The average Bonchev–Trinajstić information content (AvgIpc) is 3.17. The van der Waals surface area contributed by atoms with Crippen LogP contribution in [-0.2, 0) is 14.3 Å². The number of nitrogens with one attached hydrogen (secondary N) is 1. The van der Waals surface area contributed by atoms with E-state index >= 15 is 0 Å². The highest BCUT2D eigenvalue weighted by Crippen LogP contribution is 2.25. The van der Waals surface area contributed by atoms with Gasteiger partial charge in [-0.1, -0.05) is 49.1 Å². The molecule has 0 saturated heterocycles. The summed E-state index contributed by atoms with van der Waals surface area (Å²) in [6.45, 7) is 1.51. The van der Waals surface area contributed by atoms with Gasteiger partial charge >= 0.3 is 5.97 Å². The fourth-order valence-electron chi connectivity index (χ4n) is 3.04. The quantitative estimate of drug-likeness (QED) is 0.795. The van der Waals surface area contributed by atoms with Gasteiger partial charge in [0.25, 0.3) is 5.91 Å². The maximum absolute atomic E-state index is 12.1. The van der Waals surface area contributed by atoms with Crippen LogP contribution in [0.15, 0.2) is 29.6 Å². The van der Waals surface area contributed by atoms with E-state index in [-0.39, 0.29) is 17.5 Å². The van der Waals surface area contributed by atoms with Crippen molar-refractivity contribution < 1.29 is 19.1 Å². The summed E-state index contributed by atoms with van der Waals surface area (Å²) in [5.74, 6) is -1.67. The van der Waals surface area contributed by atoms with E-state index < -0.39 is 18.5 Å². The fraction of sp³-hybridized carbons (Fsp3) is 0.400. The van der Waals surface area contributed by atoms with Gasteiger partial charge in [-0.3, -0.25) is 14.9 Å². The zero-order chi connectivity index (χ0) is 19.2. The van der Waals surface area contributed by atoms with Crippen LogP contribution in [0.4, 0.5) is 0 Å². The predicted octanol–water partition coefficient (Wildman–Crippen LogP) is 3.50. The van der Waals surface area contributed by atoms with Crippen molar-refractivity contribution >= 4 is 29.1 Å². The number of nitrogens with zero attached hydrogens (tertiary/aromatic N) is 1. The topological polar surface area (TPSA) is 85.4 Å². The SMILES string of the molecule is Cc1ccc(-c2nc(C(=O)OCC(=O)NC(=O)C3CCCCC3)cs2)cc1. The van der Waals surface area contributed by atoms with Crippen LogP contribution in [-0.4, -0.2) is 29.4 Å². The minimum absolute atomic E-state index is 0.117. The third-order valence-electron chi connectivity index (χ3n) is 4.58. The number of carbonyl (C=O) groups is 3. The third-order valence-corrected chi connectivity index (χ3v) is 5.48. The molecule has 6 nitrogen and oxygen atoms in total. The Hall–Kier alpha value is -2.54. The van der Waals surface area contributed by atoms with Crippen molar-refractivity contribution in [2.45, 2.75) is 39.0 Å². The van der Waals surface area contributed by atoms with E-state index in [1.165, 1.54) is 11.3 Å². The standard InChI is InChI=1S/C20H22N2O4S/c1-13-7-9-15(10-8-13)19-21-16(12-27-19)20(25)26-11-17(23)22-18(24)14-5-3-2-4-6-14/h7-10,12,14H,2-6,11H2,1H3,(H,22,23,24). The van der Waals surface area contributed by atoms with Crippen molar-refractivity contribution in [3.63, 3.8) is 0 Å². The Labute approximate surface area is 162 Å². The Morgan fingerprint density at radius 2 is 1.85 bits per heavy atom. The average molecular weight is 386 g/mol. The number of aromatic nitrogens is 1. The van der Waals surface area contributed by atoms with Crippen molar-refractivity contribution in [1.82, 2.24) is 10.3 Å². The summed E-state index contributed by atoms with van der Waals surface area (Å²) in [5, 5.41) is 4.63. The molecule has 7 heteroatoms. The number of imide groups is 1. The van der Waals surface area contributed by atoms with Gasteiger partial charge in [-0.2, -0.15) is 0 Å². The fourth-order valence-corrected chi connectivity index (χ4v) is 3.84. The molecule has 0 bridgehead atoms. The first kappa shape index (κ1) is 19.2. The van der Waals surface area contributed by atoms with Gasteiger partial charge < -0.3 is 4.74 Å². The minimum atomic E-state index is -0.676. The molecule has 1 saturated carbocycles. The largest absolute Gasteiger partial charge is 0.451 e. The van der Waals surface area contributed by atoms with Crippen LogP contribution in [0.3, 0.4) is 0 Å². The molecule has 0 spiro atoms. The van der Waals surface area contributed by atoms with E-state index in [2.05, 4.69) is 10.3 Å². The maximum Gasteiger partial charge on any atom is 0.358 e. The number of hydrogen-bond acceptors (Lipinski definition) is 6. The first-order valence-electron chi connectivity index (χ1n) is 9.06. The summed E-state index contributed by atoms with van der Waals surface area (Å²) in [6.07, 6.45) is 4.76. The van der Waals surface area contributed by atoms with Gasteiger partial charge in [0, 0.05) is 16.9 Å². The van der Waals surface area contributed by atoms with Crippen LogP contribution >= 0.6 is 11.3 Å². The summed E-state index contributed by atoms with van der Waals surface area (Å²) in [7, 11) is 0. The van der Waals surface area contributed by atoms with E-state index in [4.69, 9.17) is 4.74 Å². The molecule has 0 atom stereocenters. The number of ether oxygens (including phenoxy) is 1. The molecule has 0 radical (unpaired) electrons. The van der Waals surface area contributed by atoms with Gasteiger partial charge in [0.15, 0.2) is 12.3 Å². The van der Waals surface area contributed by atoms with Gasteiger partial charge in [0.05, 0.1) is 0 Å². The molecule has 1 aromatic heterocycles. The van der Waals surface area contributed by atoms with Crippen LogP contribution in [0.1, 0.15) is 48.2 Å². The molecule has 1 fully saturated rings. The van der Waals surface area contributed by atoms with E-state index in [0.717, 1.165) is 43.2 Å². The number of benzene rings is 1. The number of esters is 1. The molecule has 2 amide bonds. The maximum atomic E-state index is 12.1. The third kappa shape index (κ3) is 5.23. The number of thiazole rings is 1. The lowest BCUT2D eigenvalue weighted by molar-refractivity contribution is -0.135. The number of amides is 2. The predicted molar refractivity (Wildman–Crippen MR) is 102 cm³/mol. The Morgan fingerprint density at radius 3 is 2.56 bits per heavy atom. The van der Waals surface area contributed by atoms with Crippen LogP contribution in [0.5, 0.6) is 0 Å². The molecule has 1 aliphatic rings. The van der Waals surface area contributed by atoms with Crippen molar-refractivity contribution in [3.8, 4) is 10.6 Å². The monoisotopic (exact) mass is 386 g/mol. The van der Waals surface area contributed by atoms with E-state index in [9.17, 15) is 14.4 Å². The van der Waals surface area contributed by atoms with E-state index in [0.29, 0.717) is 5.01 Å². The number of aryl methyl sites for hydroxylation is 1. The number of rotatable bonds is 5. The Bertz CT molecular complexity index is 823. The second-order valence-corrected chi connectivity index (χ2v) is 7.59. The Kier molecular flexibility index (Phi) is 6.34. The molecule has 1 aromatic carbocycles. The van der Waals surface area contributed by atoms with E-state index in [1.54, 1.807) is 5.38 Å². The molecule has 1 heterocycles. The summed E-state index contributed by atoms with van der Waals surface area (Å²) >= 11 is 1.33. The molecule has 0 unspecified atom stereocenters. The second-order valence-electron chi connectivity index (χ2n) is 6.73. The van der Waals surface area contributed by atoms with Gasteiger partial charge in [0.1, 0.15) is 5.01 Å². The molecule has 3 rings (SSSR count). The number of carbonyl (C=O) groups excluding carboxylic acids is 3. The molecule has 1 aliphatic carbocycles. The highest BCUT2D eigenvalue weighted by Gasteiger charge is 2.23. The Balaban J connectivity index is 1.49. The second kappa shape index (κ2) is 8.90. The summed E-state index contributed by atoms with van der Waals surface area (Å²) < 4.78 is 4.99. The van der Waals surface area contributed by atoms with Crippen molar-refractivity contribution in [2.75, 3.05) is 6.61 Å². The van der Waals surface area contributed by atoms with Gasteiger partial charge in [-0.15, -0.1) is 11.3 Å². The minimum Gasteiger partial charge on any atom is -0.451 e. The van der Waals surface area contributed by atoms with Crippen LogP contribution in [0.2, 0.25) is 0 Å². The summed E-state index contributed by atoms with van der Waals surface area (Å²) in [6, 6.07) is 7.83. The highest BCUT2D eigenvalue weighted by atomic mass is 32.1. The smallest absolute Gasteiger partial charge is 0.358 e. The summed E-state index contributed by atoms with van der Waals surface area (Å²) in [4.78, 5) is 40.2. The molecular formula is C20H22N2O4S. The van der Waals surface area contributed by atoms with Gasteiger partial charge in [-0.05, 0) is 19.8 Å². The van der Waals surface area contributed by atoms with Crippen molar-refractivity contribution in [1.29, 1.82) is 0 Å². The van der Waals surface area contributed by atoms with Crippen LogP contribution < -0.4 is 5.32 Å². The zero-order valence-electron chi connectivity index (χ0n) is 15.2. The molecular weight excluding hydrogens is 364 g/mol. The zero-order valence-corrected chi connectivity index (χ0v) is 16.0. The molecule has 0 aliphatic heterocycles. The first-order chi connectivity index (χ1) is 13.0. The lowest BCUT2D eigenvalue weighted by Gasteiger charge is -2.20. The lowest BCUT2D eigenvalue weighted by atomic mass is 9.89. The Morgan fingerprint density at radius 1 is 1.15 bits per heavy atom. The highest BCUT2D eigenvalue weighted by molar-refractivity contribution is 7.13. The molecule has 142 valence electrons. The first-order valence-corrected chi connectivity index (χ1v) is 9.94. The normalized spacial score (nSPS) is 14.6. The van der Waals surface area contributed by atoms with E-state index in [1.807, 2.05) is 31.2 Å². The summed E-state index contributed by atoms with van der Waals surface area (Å²) in [5.41, 5.74) is 2.21. The van der Waals surface area contributed by atoms with Gasteiger partial charge in [0.2, 0.25) is 5.91 Å². The lowest BCUT2D eigenvalue weighted by Crippen LogP contribution is -2.38. The van der Waals surface area contributed by atoms with Crippen LogP contribution in [0.25, 0.3) is 10.6 Å². The van der Waals surface area contributed by atoms with Crippen molar-refractivity contribution in [3.05, 3.63) is 40.9 Å². The molecule has 27 heavy (non-hydrogen) atoms. The molecule has 2 aromatic rings. The van der Waals surface area contributed by atoms with Crippen molar-refractivity contribution in [2.24, 2.45) is 5.92 Å². The molecule has 1 N–H and O–H groups in total.